The van der Waals surface area contributed by atoms with Crippen molar-refractivity contribution < 1.29 is 4.89 Å². The first-order valence-corrected chi connectivity index (χ1v) is 5.61. The molecule has 0 saturated heterocycles. The molecule has 0 aliphatic carbocycles. The van der Waals surface area contributed by atoms with Gasteiger partial charge < -0.3 is 0 Å². The average molecular weight is 190 g/mol. The van der Waals surface area contributed by atoms with Crippen molar-refractivity contribution >= 4 is 7.79 Å². The fourth-order valence-electron chi connectivity index (χ4n) is 0.958. The predicted molar refractivity (Wildman–Crippen MR) is 51.6 cm³/mol. The SMILES string of the molecule is CN(C)[P+](O)(CCC#N)N(C)C. The molecule has 12 heavy (non-hydrogen) atoms. The van der Waals surface area contributed by atoms with Gasteiger partial charge in [-0.15, -0.1) is 9.34 Å². The summed E-state index contributed by atoms with van der Waals surface area (Å²) < 4.78 is 3.62. The summed E-state index contributed by atoms with van der Waals surface area (Å²) in [6.07, 6.45) is 0.949. The van der Waals surface area contributed by atoms with Gasteiger partial charge in [0.15, 0.2) is 0 Å². The minimum absolute atomic E-state index is 0.403. The Kier molecular flexibility index (Phi) is 4.66. The molecule has 0 fully saturated rings. The van der Waals surface area contributed by atoms with Crippen LogP contribution in [-0.4, -0.2) is 48.6 Å². The first-order valence-electron chi connectivity index (χ1n) is 3.78. The van der Waals surface area contributed by atoms with E-state index >= 15 is 0 Å². The zero-order chi connectivity index (χ0) is 9.78. The summed E-state index contributed by atoms with van der Waals surface area (Å²) in [5.41, 5.74) is 0. The molecule has 0 atom stereocenters. The summed E-state index contributed by atoms with van der Waals surface area (Å²) in [7, 11) is 5.17. The van der Waals surface area contributed by atoms with Gasteiger partial charge >= 0.3 is 0 Å². The summed E-state index contributed by atoms with van der Waals surface area (Å²) in [6, 6.07) is 2.05. The van der Waals surface area contributed by atoms with Crippen LogP contribution in [0.15, 0.2) is 0 Å². The van der Waals surface area contributed by atoms with Crippen molar-refractivity contribution in [2.75, 3.05) is 34.4 Å². The van der Waals surface area contributed by atoms with Crippen molar-refractivity contribution in [3.63, 3.8) is 0 Å². The van der Waals surface area contributed by atoms with E-state index in [9.17, 15) is 4.89 Å². The molecule has 0 aromatic rings. The zero-order valence-corrected chi connectivity index (χ0v) is 9.04. The maximum absolute atomic E-state index is 10.1. The van der Waals surface area contributed by atoms with Crippen molar-refractivity contribution in [2.45, 2.75) is 6.42 Å². The second-order valence-electron chi connectivity index (χ2n) is 3.02. The quantitative estimate of drug-likeness (QED) is 0.665. The lowest BCUT2D eigenvalue weighted by atomic mass is 10.6. The fourth-order valence-corrected chi connectivity index (χ4v) is 2.87. The molecular formula is C7H17N3OP+. The molecule has 0 rings (SSSR count). The molecule has 0 spiro atoms. The summed E-state index contributed by atoms with van der Waals surface area (Å²) in [5, 5.41) is 8.41. The third-order valence-electron chi connectivity index (χ3n) is 1.80. The van der Waals surface area contributed by atoms with E-state index in [1.807, 2.05) is 43.6 Å². The van der Waals surface area contributed by atoms with E-state index in [2.05, 4.69) is 0 Å². The number of hydrogen-bond acceptors (Lipinski definition) is 4. The Morgan fingerprint density at radius 3 is 1.92 bits per heavy atom. The molecule has 0 bridgehead atoms. The largest absolute Gasteiger partial charge is 0.286 e. The smallest absolute Gasteiger partial charge is 0.213 e. The molecule has 0 aromatic carbocycles. The van der Waals surface area contributed by atoms with Gasteiger partial charge in [0.05, 0.1) is 12.5 Å². The monoisotopic (exact) mass is 190 g/mol. The Labute approximate surface area is 74.9 Å². The van der Waals surface area contributed by atoms with Crippen molar-refractivity contribution in [1.82, 2.24) is 9.34 Å². The third-order valence-corrected chi connectivity index (χ3v) is 5.19. The van der Waals surface area contributed by atoms with Gasteiger partial charge in [0.1, 0.15) is 6.16 Å². The molecule has 70 valence electrons. The first kappa shape index (κ1) is 11.8. The van der Waals surface area contributed by atoms with Crippen LogP contribution < -0.4 is 0 Å². The predicted octanol–water partition coefficient (Wildman–Crippen LogP) is 0.778. The summed E-state index contributed by atoms with van der Waals surface area (Å²) >= 11 is 0. The lowest BCUT2D eigenvalue weighted by molar-refractivity contribution is 0.414. The van der Waals surface area contributed by atoms with Crippen LogP contribution in [0.4, 0.5) is 0 Å². The molecule has 0 aromatic heterocycles. The van der Waals surface area contributed by atoms with Gasteiger partial charge in [-0.25, -0.2) is 4.89 Å². The van der Waals surface area contributed by atoms with Crippen molar-refractivity contribution in [1.29, 1.82) is 5.26 Å². The Morgan fingerprint density at radius 2 is 1.67 bits per heavy atom. The number of nitrogens with zero attached hydrogens (tertiary/aromatic N) is 3. The van der Waals surface area contributed by atoms with Gasteiger partial charge in [-0.2, -0.15) is 5.26 Å². The van der Waals surface area contributed by atoms with Crippen molar-refractivity contribution in [3.05, 3.63) is 0 Å². The van der Waals surface area contributed by atoms with Crippen LogP contribution in [0.2, 0.25) is 0 Å². The van der Waals surface area contributed by atoms with Crippen LogP contribution in [-0.2, 0) is 0 Å². The molecule has 0 aliphatic rings. The van der Waals surface area contributed by atoms with Gasteiger partial charge in [-0.05, 0) is 0 Å². The van der Waals surface area contributed by atoms with Crippen molar-refractivity contribution in [2.24, 2.45) is 0 Å². The maximum atomic E-state index is 10.1. The van der Waals surface area contributed by atoms with E-state index in [0.29, 0.717) is 12.6 Å². The zero-order valence-electron chi connectivity index (χ0n) is 8.15. The minimum atomic E-state index is -2.19. The lowest BCUT2D eigenvalue weighted by Crippen LogP contribution is -2.28. The second kappa shape index (κ2) is 4.74. The van der Waals surface area contributed by atoms with Crippen LogP contribution in [0.25, 0.3) is 0 Å². The number of hydrogen-bond donors (Lipinski definition) is 1. The topological polar surface area (TPSA) is 50.5 Å². The summed E-state index contributed by atoms with van der Waals surface area (Å²) in [6.45, 7) is 0. The second-order valence-corrected chi connectivity index (χ2v) is 6.45. The highest BCUT2D eigenvalue weighted by Gasteiger charge is 2.41. The van der Waals surface area contributed by atoms with E-state index in [-0.39, 0.29) is 0 Å². The Bertz CT molecular complexity index is 168. The third kappa shape index (κ3) is 2.69. The molecule has 1 N–H and O–H groups in total. The van der Waals surface area contributed by atoms with E-state index in [0.717, 1.165) is 0 Å². The van der Waals surface area contributed by atoms with Crippen molar-refractivity contribution in [3.8, 4) is 6.07 Å². The van der Waals surface area contributed by atoms with Crippen LogP contribution in [0.1, 0.15) is 6.42 Å². The van der Waals surface area contributed by atoms with Gasteiger partial charge in [-0.3, -0.25) is 0 Å². The molecule has 5 heteroatoms. The standard InChI is InChI=1S/C7H17N3OP/c1-9(2)12(11,10(3)4)7-5-6-8/h11H,5,7H2,1-4H3/q+1. The molecule has 0 aliphatic heterocycles. The van der Waals surface area contributed by atoms with E-state index < -0.39 is 7.79 Å². The maximum Gasteiger partial charge on any atom is 0.286 e. The van der Waals surface area contributed by atoms with Crippen LogP contribution in [0.3, 0.4) is 0 Å². The first-order chi connectivity index (χ1) is 5.45. The molecule has 0 saturated carbocycles. The highest BCUT2D eigenvalue weighted by molar-refractivity contribution is 7.65. The van der Waals surface area contributed by atoms with E-state index in [4.69, 9.17) is 5.26 Å². The molecular weight excluding hydrogens is 173 g/mol. The van der Waals surface area contributed by atoms with E-state index in [1.165, 1.54) is 0 Å². The van der Waals surface area contributed by atoms with E-state index in [1.54, 1.807) is 0 Å². The minimum Gasteiger partial charge on any atom is -0.213 e. The molecule has 0 radical (unpaired) electrons. The molecule has 4 nitrogen and oxygen atoms in total. The normalized spacial score (nSPS) is 12.2. The summed E-state index contributed by atoms with van der Waals surface area (Å²) in [4.78, 5) is 10.1. The lowest BCUT2D eigenvalue weighted by Gasteiger charge is -2.29. The highest BCUT2D eigenvalue weighted by atomic mass is 31.2. The fraction of sp³-hybridized carbons (Fsp3) is 0.857. The van der Waals surface area contributed by atoms with Crippen LogP contribution >= 0.6 is 7.79 Å². The average Bonchev–Trinajstić information content (AvgIpc) is 1.99. The van der Waals surface area contributed by atoms with Gasteiger partial charge in [0, 0.05) is 28.2 Å². The Hall–Kier alpha value is -0.200. The van der Waals surface area contributed by atoms with Gasteiger partial charge in [0.2, 0.25) is 0 Å². The van der Waals surface area contributed by atoms with Crippen LogP contribution in [0.5, 0.6) is 0 Å². The van der Waals surface area contributed by atoms with Gasteiger partial charge in [-0.1, -0.05) is 0 Å². The molecule has 0 heterocycles. The molecule has 0 amide bonds. The molecule has 0 unspecified atom stereocenters. The number of rotatable bonds is 4. The summed E-state index contributed by atoms with van der Waals surface area (Å²) in [5.74, 6) is 0. The Morgan fingerprint density at radius 1 is 1.25 bits per heavy atom. The van der Waals surface area contributed by atoms with Crippen LogP contribution in [0, 0.1) is 11.3 Å². The number of nitriles is 1. The highest BCUT2D eigenvalue weighted by Crippen LogP contribution is 2.58. The Balaban J connectivity index is 4.31. The van der Waals surface area contributed by atoms with Gasteiger partial charge in [0.25, 0.3) is 7.79 Å².